The standard InChI is InChI=1S/C22H21N3OS/c1-14(2)15-4-6-16(7-5-15)19-12-27-22-20(19)21(23-13-24-22)25-17-8-10-18(26-3)11-9-17/h4-14H,1-3H3,(H,23,24,25). The van der Waals surface area contributed by atoms with E-state index in [4.69, 9.17) is 4.74 Å². The first kappa shape index (κ1) is 17.5. The maximum atomic E-state index is 5.23. The fraction of sp³-hybridized carbons (Fsp3) is 0.182. The van der Waals surface area contributed by atoms with Gasteiger partial charge in [0.15, 0.2) is 0 Å². The molecule has 0 amide bonds. The Balaban J connectivity index is 1.74. The van der Waals surface area contributed by atoms with Crippen molar-refractivity contribution in [3.05, 3.63) is 65.8 Å². The smallest absolute Gasteiger partial charge is 0.143 e. The zero-order valence-corrected chi connectivity index (χ0v) is 16.4. The van der Waals surface area contributed by atoms with Crippen LogP contribution in [0.15, 0.2) is 60.2 Å². The molecule has 0 saturated carbocycles. The molecule has 2 heterocycles. The minimum absolute atomic E-state index is 0.522. The van der Waals surface area contributed by atoms with Gasteiger partial charge in [-0.25, -0.2) is 9.97 Å². The van der Waals surface area contributed by atoms with Crippen LogP contribution in [0.5, 0.6) is 5.75 Å². The van der Waals surface area contributed by atoms with E-state index in [9.17, 15) is 0 Å². The Bertz CT molecular complexity index is 1050. The van der Waals surface area contributed by atoms with E-state index in [1.165, 1.54) is 11.1 Å². The monoisotopic (exact) mass is 375 g/mol. The van der Waals surface area contributed by atoms with Crippen molar-refractivity contribution in [2.24, 2.45) is 0 Å². The maximum Gasteiger partial charge on any atom is 0.143 e. The van der Waals surface area contributed by atoms with Gasteiger partial charge < -0.3 is 10.1 Å². The van der Waals surface area contributed by atoms with Gasteiger partial charge in [0.25, 0.3) is 0 Å². The summed E-state index contributed by atoms with van der Waals surface area (Å²) in [5.41, 5.74) is 4.63. The molecule has 1 N–H and O–H groups in total. The highest BCUT2D eigenvalue weighted by Gasteiger charge is 2.13. The summed E-state index contributed by atoms with van der Waals surface area (Å²) in [6.45, 7) is 4.42. The number of nitrogens with one attached hydrogen (secondary N) is 1. The summed E-state index contributed by atoms with van der Waals surface area (Å²) in [7, 11) is 1.67. The molecule has 0 fully saturated rings. The van der Waals surface area contributed by atoms with E-state index in [-0.39, 0.29) is 0 Å². The summed E-state index contributed by atoms with van der Waals surface area (Å²) in [5, 5.41) is 6.63. The number of thiophene rings is 1. The van der Waals surface area contributed by atoms with Crippen molar-refractivity contribution in [3.63, 3.8) is 0 Å². The lowest BCUT2D eigenvalue weighted by Crippen LogP contribution is -1.95. The van der Waals surface area contributed by atoms with E-state index in [2.05, 4.69) is 58.8 Å². The van der Waals surface area contributed by atoms with Crippen molar-refractivity contribution in [3.8, 4) is 16.9 Å². The largest absolute Gasteiger partial charge is 0.497 e. The molecule has 0 radical (unpaired) electrons. The maximum absolute atomic E-state index is 5.23. The first-order valence-corrected chi connectivity index (χ1v) is 9.77. The van der Waals surface area contributed by atoms with Crippen LogP contribution < -0.4 is 10.1 Å². The summed E-state index contributed by atoms with van der Waals surface area (Å²) in [6, 6.07) is 16.6. The van der Waals surface area contributed by atoms with E-state index >= 15 is 0 Å². The lowest BCUT2D eigenvalue weighted by molar-refractivity contribution is 0.415. The second kappa shape index (κ2) is 7.37. The zero-order valence-electron chi connectivity index (χ0n) is 15.6. The van der Waals surface area contributed by atoms with Crippen molar-refractivity contribution < 1.29 is 4.74 Å². The summed E-state index contributed by atoms with van der Waals surface area (Å²) >= 11 is 1.64. The first-order valence-electron chi connectivity index (χ1n) is 8.89. The van der Waals surface area contributed by atoms with Crippen LogP contribution in [0.1, 0.15) is 25.3 Å². The van der Waals surface area contributed by atoms with E-state index in [1.54, 1.807) is 24.8 Å². The number of hydrogen-bond acceptors (Lipinski definition) is 5. The number of hydrogen-bond donors (Lipinski definition) is 1. The van der Waals surface area contributed by atoms with Gasteiger partial charge in [0, 0.05) is 16.6 Å². The third-order valence-electron chi connectivity index (χ3n) is 4.61. The van der Waals surface area contributed by atoms with E-state index < -0.39 is 0 Å². The lowest BCUT2D eigenvalue weighted by atomic mass is 9.99. The SMILES string of the molecule is COc1ccc(Nc2ncnc3scc(-c4ccc(C(C)C)cc4)c23)cc1. The van der Waals surface area contributed by atoms with Crippen LogP contribution in [0.25, 0.3) is 21.3 Å². The summed E-state index contributed by atoms with van der Waals surface area (Å²) in [5.74, 6) is 2.16. The van der Waals surface area contributed by atoms with Crippen LogP contribution in [0.4, 0.5) is 11.5 Å². The number of ether oxygens (including phenoxy) is 1. The number of rotatable bonds is 5. The molecule has 5 heteroatoms. The summed E-state index contributed by atoms with van der Waals surface area (Å²) < 4.78 is 5.23. The predicted octanol–water partition coefficient (Wildman–Crippen LogP) is 6.23. The molecule has 0 aliphatic rings. The van der Waals surface area contributed by atoms with Gasteiger partial charge in [-0.1, -0.05) is 38.1 Å². The number of benzene rings is 2. The molecule has 2 aromatic carbocycles. The molecule has 0 atom stereocenters. The number of nitrogens with zero attached hydrogens (tertiary/aromatic N) is 2. The fourth-order valence-electron chi connectivity index (χ4n) is 3.04. The minimum atomic E-state index is 0.522. The van der Waals surface area contributed by atoms with Crippen molar-refractivity contribution >= 4 is 33.1 Å². The van der Waals surface area contributed by atoms with Crippen LogP contribution >= 0.6 is 11.3 Å². The van der Waals surface area contributed by atoms with Crippen molar-refractivity contribution in [1.29, 1.82) is 0 Å². The minimum Gasteiger partial charge on any atom is -0.497 e. The van der Waals surface area contributed by atoms with Gasteiger partial charge in [-0.3, -0.25) is 0 Å². The highest BCUT2D eigenvalue weighted by Crippen LogP contribution is 2.37. The van der Waals surface area contributed by atoms with Crippen LogP contribution in [0.3, 0.4) is 0 Å². The molecule has 4 aromatic rings. The molecule has 0 saturated heterocycles. The highest BCUT2D eigenvalue weighted by molar-refractivity contribution is 7.17. The Kier molecular flexibility index (Phi) is 4.77. The van der Waals surface area contributed by atoms with Crippen molar-refractivity contribution in [1.82, 2.24) is 9.97 Å². The number of anilines is 2. The summed E-state index contributed by atoms with van der Waals surface area (Å²) in [4.78, 5) is 9.93. The molecule has 0 aliphatic carbocycles. The molecular weight excluding hydrogens is 354 g/mol. The normalized spacial score (nSPS) is 11.1. The molecule has 0 aliphatic heterocycles. The first-order chi connectivity index (χ1) is 13.2. The van der Waals surface area contributed by atoms with Gasteiger partial charge in [-0.2, -0.15) is 0 Å². The van der Waals surface area contributed by atoms with Gasteiger partial charge in [-0.15, -0.1) is 11.3 Å². The third-order valence-corrected chi connectivity index (χ3v) is 5.50. The average molecular weight is 375 g/mol. The average Bonchev–Trinajstić information content (AvgIpc) is 3.14. The molecule has 2 aromatic heterocycles. The molecule has 27 heavy (non-hydrogen) atoms. The van der Waals surface area contributed by atoms with E-state index in [1.807, 2.05) is 24.3 Å². The molecule has 0 unspecified atom stereocenters. The molecule has 0 spiro atoms. The second-order valence-electron chi connectivity index (χ2n) is 6.68. The molecule has 4 rings (SSSR count). The van der Waals surface area contributed by atoms with Crippen molar-refractivity contribution in [2.75, 3.05) is 12.4 Å². The van der Waals surface area contributed by atoms with Crippen LogP contribution in [0, 0.1) is 0 Å². The third kappa shape index (κ3) is 3.51. The molecule has 4 nitrogen and oxygen atoms in total. The molecule has 0 bridgehead atoms. The Morgan fingerprint density at radius 2 is 1.70 bits per heavy atom. The number of methoxy groups -OCH3 is 1. The summed E-state index contributed by atoms with van der Waals surface area (Å²) in [6.07, 6.45) is 1.61. The quantitative estimate of drug-likeness (QED) is 0.449. The van der Waals surface area contributed by atoms with E-state index in [0.717, 1.165) is 33.0 Å². The van der Waals surface area contributed by atoms with Gasteiger partial charge in [-0.05, 0) is 41.3 Å². The number of aromatic nitrogens is 2. The lowest BCUT2D eigenvalue weighted by Gasteiger charge is -2.10. The van der Waals surface area contributed by atoms with Gasteiger partial charge in [0.2, 0.25) is 0 Å². The Labute approximate surface area is 162 Å². The van der Waals surface area contributed by atoms with Gasteiger partial charge in [0.1, 0.15) is 22.7 Å². The number of fused-ring (bicyclic) bond motifs is 1. The molecular formula is C22H21N3OS. The zero-order chi connectivity index (χ0) is 18.8. The predicted molar refractivity (Wildman–Crippen MR) is 113 cm³/mol. The van der Waals surface area contributed by atoms with Crippen LogP contribution in [-0.4, -0.2) is 17.1 Å². The topological polar surface area (TPSA) is 47.0 Å². The Morgan fingerprint density at radius 3 is 2.37 bits per heavy atom. The van der Waals surface area contributed by atoms with Crippen LogP contribution in [0.2, 0.25) is 0 Å². The van der Waals surface area contributed by atoms with E-state index in [0.29, 0.717) is 5.92 Å². The van der Waals surface area contributed by atoms with Crippen LogP contribution in [-0.2, 0) is 0 Å². The Morgan fingerprint density at radius 1 is 0.963 bits per heavy atom. The van der Waals surface area contributed by atoms with Gasteiger partial charge in [0.05, 0.1) is 12.5 Å². The molecule has 136 valence electrons. The Hall–Kier alpha value is -2.92. The highest BCUT2D eigenvalue weighted by atomic mass is 32.1. The van der Waals surface area contributed by atoms with Gasteiger partial charge >= 0.3 is 0 Å². The van der Waals surface area contributed by atoms with Crippen molar-refractivity contribution in [2.45, 2.75) is 19.8 Å². The second-order valence-corrected chi connectivity index (χ2v) is 7.54. The fourth-order valence-corrected chi connectivity index (χ4v) is 3.96.